The van der Waals surface area contributed by atoms with Gasteiger partial charge in [0.05, 0.1) is 6.61 Å². The van der Waals surface area contributed by atoms with Crippen molar-refractivity contribution in [2.75, 3.05) is 13.7 Å². The molecule has 1 fully saturated rings. The predicted molar refractivity (Wildman–Crippen MR) is 32.9 cm³/mol. The molecule has 0 aliphatic carbocycles. The van der Waals surface area contributed by atoms with Gasteiger partial charge in [-0.25, -0.2) is 0 Å². The van der Waals surface area contributed by atoms with Crippen molar-refractivity contribution in [1.29, 1.82) is 0 Å². The summed E-state index contributed by atoms with van der Waals surface area (Å²) < 4.78 is 4.93. The quantitative estimate of drug-likeness (QED) is 0.562. The van der Waals surface area contributed by atoms with E-state index in [1.54, 1.807) is 7.11 Å². The van der Waals surface area contributed by atoms with E-state index in [0.717, 1.165) is 12.6 Å². The smallest absolute Gasteiger partial charge is 0.0616 e. The fourth-order valence-corrected chi connectivity index (χ4v) is 1.12. The Morgan fingerprint density at radius 2 is 2.38 bits per heavy atom. The first kappa shape index (κ1) is 6.05. The molecule has 1 aliphatic heterocycles. The van der Waals surface area contributed by atoms with E-state index < -0.39 is 0 Å². The van der Waals surface area contributed by atoms with Crippen molar-refractivity contribution in [1.82, 2.24) is 5.32 Å². The fourth-order valence-electron chi connectivity index (χ4n) is 1.12. The van der Waals surface area contributed by atoms with E-state index >= 15 is 0 Å². The molecular weight excluding hydrogens is 102 g/mol. The summed E-state index contributed by atoms with van der Waals surface area (Å²) in [5.41, 5.74) is 0. The van der Waals surface area contributed by atoms with Gasteiger partial charge in [0.2, 0.25) is 0 Å². The van der Waals surface area contributed by atoms with Gasteiger partial charge in [0.15, 0.2) is 0 Å². The highest BCUT2D eigenvalue weighted by Crippen LogP contribution is 2.09. The van der Waals surface area contributed by atoms with Crippen LogP contribution in [0.2, 0.25) is 0 Å². The summed E-state index contributed by atoms with van der Waals surface area (Å²) in [4.78, 5) is 0. The van der Waals surface area contributed by atoms with Crippen molar-refractivity contribution in [2.45, 2.75) is 25.4 Å². The Labute approximate surface area is 50.2 Å². The Kier molecular flexibility index (Phi) is 1.86. The van der Waals surface area contributed by atoms with Gasteiger partial charge in [-0.3, -0.25) is 0 Å². The third-order valence-corrected chi connectivity index (χ3v) is 1.53. The van der Waals surface area contributed by atoms with Crippen LogP contribution in [0.4, 0.5) is 0 Å². The van der Waals surface area contributed by atoms with Crippen LogP contribution in [0.25, 0.3) is 0 Å². The molecule has 2 unspecified atom stereocenters. The van der Waals surface area contributed by atoms with Crippen LogP contribution in [0.5, 0.6) is 0 Å². The Hall–Kier alpha value is -0.0800. The molecule has 1 heterocycles. The summed E-state index contributed by atoms with van der Waals surface area (Å²) >= 11 is 0. The van der Waals surface area contributed by atoms with Crippen molar-refractivity contribution in [2.24, 2.45) is 0 Å². The molecule has 48 valence electrons. The molecule has 2 atom stereocenters. The van der Waals surface area contributed by atoms with E-state index in [2.05, 4.69) is 12.2 Å². The highest BCUT2D eigenvalue weighted by atomic mass is 16.5. The zero-order valence-corrected chi connectivity index (χ0v) is 5.48. The first-order chi connectivity index (χ1) is 3.83. The van der Waals surface area contributed by atoms with Crippen LogP contribution in [0.3, 0.4) is 0 Å². The molecule has 2 heteroatoms. The second-order valence-electron chi connectivity index (χ2n) is 2.46. The van der Waals surface area contributed by atoms with Crippen LogP contribution in [0.1, 0.15) is 13.3 Å². The lowest BCUT2D eigenvalue weighted by Gasteiger charge is -2.34. The summed E-state index contributed by atoms with van der Waals surface area (Å²) in [7, 11) is 1.74. The Balaban J connectivity index is 1.98. The van der Waals surface area contributed by atoms with Gasteiger partial charge in [-0.1, -0.05) is 0 Å². The zero-order chi connectivity index (χ0) is 5.98. The molecule has 0 bridgehead atoms. The summed E-state index contributed by atoms with van der Waals surface area (Å²) in [5, 5.41) is 3.32. The second-order valence-corrected chi connectivity index (χ2v) is 2.46. The molecule has 0 aromatic rings. The highest BCUT2D eigenvalue weighted by molar-refractivity contribution is 4.84. The molecule has 0 saturated carbocycles. The number of nitrogens with one attached hydrogen (secondary N) is 1. The number of ether oxygens (including phenoxy) is 1. The molecule has 2 nitrogen and oxygen atoms in total. The number of hydrogen-bond acceptors (Lipinski definition) is 2. The molecule has 0 aromatic carbocycles. The summed E-state index contributed by atoms with van der Waals surface area (Å²) in [6.07, 6.45) is 1.27. The minimum absolute atomic E-state index is 0.634. The molecular formula is C6H13NO. The minimum Gasteiger partial charge on any atom is -0.383 e. The fraction of sp³-hybridized carbons (Fsp3) is 1.00. The van der Waals surface area contributed by atoms with Crippen molar-refractivity contribution in [3.8, 4) is 0 Å². The van der Waals surface area contributed by atoms with Gasteiger partial charge in [-0.15, -0.1) is 0 Å². The van der Waals surface area contributed by atoms with Crippen LogP contribution in [-0.2, 0) is 4.74 Å². The standard InChI is InChI=1S/C6H13NO/c1-5-3-6(7-5)4-8-2/h5-7H,3-4H2,1-2H3. The van der Waals surface area contributed by atoms with E-state index in [-0.39, 0.29) is 0 Å². The van der Waals surface area contributed by atoms with Crippen molar-refractivity contribution in [3.63, 3.8) is 0 Å². The summed E-state index contributed by atoms with van der Waals surface area (Å²) in [6.45, 7) is 3.05. The van der Waals surface area contributed by atoms with Crippen LogP contribution >= 0.6 is 0 Å². The summed E-state index contributed by atoms with van der Waals surface area (Å²) in [6, 6.07) is 1.35. The third-order valence-electron chi connectivity index (χ3n) is 1.53. The third kappa shape index (κ3) is 1.20. The average molecular weight is 115 g/mol. The largest absolute Gasteiger partial charge is 0.383 e. The maximum atomic E-state index is 4.93. The first-order valence-electron chi connectivity index (χ1n) is 3.08. The number of hydrogen-bond donors (Lipinski definition) is 1. The van der Waals surface area contributed by atoms with Gasteiger partial charge in [-0.2, -0.15) is 0 Å². The Morgan fingerprint density at radius 1 is 1.75 bits per heavy atom. The molecule has 0 aromatic heterocycles. The van der Waals surface area contributed by atoms with Gasteiger partial charge in [0.25, 0.3) is 0 Å². The molecule has 8 heavy (non-hydrogen) atoms. The van der Waals surface area contributed by atoms with Crippen LogP contribution in [0, 0.1) is 0 Å². The van der Waals surface area contributed by atoms with Crippen molar-refractivity contribution >= 4 is 0 Å². The van der Waals surface area contributed by atoms with Gasteiger partial charge in [0, 0.05) is 19.2 Å². The van der Waals surface area contributed by atoms with Crippen LogP contribution in [0.15, 0.2) is 0 Å². The van der Waals surface area contributed by atoms with E-state index in [9.17, 15) is 0 Å². The van der Waals surface area contributed by atoms with E-state index in [1.807, 2.05) is 0 Å². The maximum Gasteiger partial charge on any atom is 0.0616 e. The summed E-state index contributed by atoms with van der Waals surface area (Å²) in [5.74, 6) is 0. The van der Waals surface area contributed by atoms with Gasteiger partial charge < -0.3 is 10.1 Å². The van der Waals surface area contributed by atoms with Crippen LogP contribution < -0.4 is 5.32 Å². The van der Waals surface area contributed by atoms with Crippen molar-refractivity contribution in [3.05, 3.63) is 0 Å². The molecule has 1 rings (SSSR count). The molecule has 1 aliphatic rings. The highest BCUT2D eigenvalue weighted by Gasteiger charge is 2.22. The maximum absolute atomic E-state index is 4.93. The Bertz CT molecular complexity index is 66.2. The lowest BCUT2D eigenvalue weighted by molar-refractivity contribution is 0.119. The van der Waals surface area contributed by atoms with E-state index in [0.29, 0.717) is 6.04 Å². The van der Waals surface area contributed by atoms with Gasteiger partial charge in [-0.05, 0) is 13.3 Å². The molecule has 1 saturated heterocycles. The van der Waals surface area contributed by atoms with E-state index in [4.69, 9.17) is 4.74 Å². The first-order valence-corrected chi connectivity index (χ1v) is 3.08. The van der Waals surface area contributed by atoms with Gasteiger partial charge in [0.1, 0.15) is 0 Å². The lowest BCUT2D eigenvalue weighted by atomic mass is 10.00. The molecule has 0 spiro atoms. The average Bonchev–Trinajstić information content (AvgIpc) is 1.64. The zero-order valence-electron chi connectivity index (χ0n) is 5.48. The second kappa shape index (κ2) is 2.46. The molecule has 1 N–H and O–H groups in total. The molecule has 0 amide bonds. The molecule has 0 radical (unpaired) electrons. The lowest BCUT2D eigenvalue weighted by Crippen LogP contribution is -2.52. The normalized spacial score (nSPS) is 36.8. The minimum atomic E-state index is 0.634. The van der Waals surface area contributed by atoms with Crippen molar-refractivity contribution < 1.29 is 4.74 Å². The Morgan fingerprint density at radius 3 is 2.75 bits per heavy atom. The van der Waals surface area contributed by atoms with Gasteiger partial charge >= 0.3 is 0 Å². The van der Waals surface area contributed by atoms with Crippen LogP contribution in [-0.4, -0.2) is 25.8 Å². The topological polar surface area (TPSA) is 21.3 Å². The van der Waals surface area contributed by atoms with E-state index in [1.165, 1.54) is 6.42 Å². The monoisotopic (exact) mass is 115 g/mol. The number of methoxy groups -OCH3 is 1. The predicted octanol–water partition coefficient (Wildman–Crippen LogP) is 0.383. The SMILES string of the molecule is COCC1CC(C)N1. The number of rotatable bonds is 2.